The van der Waals surface area contributed by atoms with Crippen LogP contribution in [0.3, 0.4) is 0 Å². The van der Waals surface area contributed by atoms with E-state index in [0.29, 0.717) is 12.1 Å². The summed E-state index contributed by atoms with van der Waals surface area (Å²) in [5, 5.41) is 11.5. The molecule has 4 heteroatoms. The minimum absolute atomic E-state index is 0.509. The van der Waals surface area contributed by atoms with Gasteiger partial charge in [0.05, 0.1) is 13.2 Å². The molecule has 17 heavy (non-hydrogen) atoms. The molecule has 1 fully saturated rings. The molecule has 0 amide bonds. The van der Waals surface area contributed by atoms with Crippen LogP contribution in [0.15, 0.2) is 10.8 Å². The highest BCUT2D eigenvalue weighted by atomic mass is 32.1. The number of thiophene rings is 1. The largest absolute Gasteiger partial charge is 0.379 e. The van der Waals surface area contributed by atoms with Crippen molar-refractivity contribution < 1.29 is 4.74 Å². The van der Waals surface area contributed by atoms with Gasteiger partial charge in [0.25, 0.3) is 0 Å². The Balaban J connectivity index is 1.70. The van der Waals surface area contributed by atoms with Gasteiger partial charge in [-0.2, -0.15) is 11.3 Å². The van der Waals surface area contributed by atoms with E-state index < -0.39 is 0 Å². The SMILES string of the molecule is Cc1cscc1CNC(C)CC1COCCN1. The van der Waals surface area contributed by atoms with Gasteiger partial charge in [0.2, 0.25) is 0 Å². The summed E-state index contributed by atoms with van der Waals surface area (Å²) in [6.45, 7) is 8.09. The molecule has 2 N–H and O–H groups in total. The lowest BCUT2D eigenvalue weighted by Crippen LogP contribution is -2.44. The second-order valence-electron chi connectivity index (χ2n) is 4.82. The standard InChI is InChI=1S/C13H22N2OS/c1-10-8-17-9-12(10)6-15-11(2)5-13-7-16-4-3-14-13/h8-9,11,13-15H,3-7H2,1-2H3. The molecule has 3 nitrogen and oxygen atoms in total. The van der Waals surface area contributed by atoms with Crippen LogP contribution in [-0.2, 0) is 11.3 Å². The molecular weight excluding hydrogens is 232 g/mol. The van der Waals surface area contributed by atoms with Crippen molar-refractivity contribution >= 4 is 11.3 Å². The normalized spacial score (nSPS) is 22.6. The number of hydrogen-bond donors (Lipinski definition) is 2. The van der Waals surface area contributed by atoms with E-state index in [1.807, 2.05) is 0 Å². The summed E-state index contributed by atoms with van der Waals surface area (Å²) in [6, 6.07) is 1.03. The van der Waals surface area contributed by atoms with Crippen molar-refractivity contribution in [3.63, 3.8) is 0 Å². The molecule has 1 saturated heterocycles. The highest BCUT2D eigenvalue weighted by molar-refractivity contribution is 7.08. The van der Waals surface area contributed by atoms with E-state index in [1.54, 1.807) is 11.3 Å². The van der Waals surface area contributed by atoms with Crippen LogP contribution in [-0.4, -0.2) is 31.8 Å². The highest BCUT2D eigenvalue weighted by Crippen LogP contribution is 2.13. The van der Waals surface area contributed by atoms with Crippen molar-refractivity contribution in [2.45, 2.75) is 38.9 Å². The molecular formula is C13H22N2OS. The summed E-state index contributed by atoms with van der Waals surface area (Å²) >= 11 is 1.78. The van der Waals surface area contributed by atoms with Gasteiger partial charge < -0.3 is 15.4 Å². The summed E-state index contributed by atoms with van der Waals surface area (Å²) < 4.78 is 5.46. The average Bonchev–Trinajstić information content (AvgIpc) is 2.74. The van der Waals surface area contributed by atoms with Crippen LogP contribution in [0, 0.1) is 6.92 Å². The predicted molar refractivity (Wildman–Crippen MR) is 72.6 cm³/mol. The Hall–Kier alpha value is -0.420. The van der Waals surface area contributed by atoms with Crippen molar-refractivity contribution in [2.24, 2.45) is 0 Å². The van der Waals surface area contributed by atoms with E-state index in [-0.39, 0.29) is 0 Å². The van der Waals surface area contributed by atoms with Gasteiger partial charge in [-0.1, -0.05) is 0 Å². The van der Waals surface area contributed by atoms with Gasteiger partial charge in [-0.15, -0.1) is 0 Å². The summed E-state index contributed by atoms with van der Waals surface area (Å²) in [4.78, 5) is 0. The molecule has 96 valence electrons. The second kappa shape index (κ2) is 6.50. The van der Waals surface area contributed by atoms with E-state index in [9.17, 15) is 0 Å². The van der Waals surface area contributed by atoms with Crippen LogP contribution in [0.1, 0.15) is 24.5 Å². The molecule has 2 unspecified atom stereocenters. The van der Waals surface area contributed by atoms with Crippen molar-refractivity contribution in [3.05, 3.63) is 21.9 Å². The quantitative estimate of drug-likeness (QED) is 0.842. The van der Waals surface area contributed by atoms with Gasteiger partial charge in [0, 0.05) is 25.2 Å². The van der Waals surface area contributed by atoms with Gasteiger partial charge in [-0.05, 0) is 42.2 Å². The number of nitrogens with one attached hydrogen (secondary N) is 2. The van der Waals surface area contributed by atoms with Crippen LogP contribution in [0.25, 0.3) is 0 Å². The van der Waals surface area contributed by atoms with E-state index in [1.165, 1.54) is 11.1 Å². The number of hydrogen-bond acceptors (Lipinski definition) is 4. The Kier molecular flexibility index (Phi) is 4.98. The Morgan fingerprint density at radius 1 is 1.59 bits per heavy atom. The maximum absolute atomic E-state index is 5.46. The molecule has 1 aliphatic rings. The first-order valence-electron chi connectivity index (χ1n) is 6.32. The lowest BCUT2D eigenvalue weighted by Gasteiger charge is -2.26. The van der Waals surface area contributed by atoms with Crippen LogP contribution in [0.5, 0.6) is 0 Å². The summed E-state index contributed by atoms with van der Waals surface area (Å²) in [5.74, 6) is 0. The minimum atomic E-state index is 0.509. The molecule has 0 radical (unpaired) electrons. The van der Waals surface area contributed by atoms with Crippen molar-refractivity contribution in [1.82, 2.24) is 10.6 Å². The molecule has 1 aromatic rings. The maximum atomic E-state index is 5.46. The van der Waals surface area contributed by atoms with E-state index in [2.05, 4.69) is 35.2 Å². The van der Waals surface area contributed by atoms with Crippen LogP contribution < -0.4 is 10.6 Å². The zero-order valence-corrected chi connectivity index (χ0v) is 11.5. The maximum Gasteiger partial charge on any atom is 0.0620 e. The number of ether oxygens (including phenoxy) is 1. The molecule has 2 rings (SSSR count). The summed E-state index contributed by atoms with van der Waals surface area (Å²) in [6.07, 6.45) is 1.13. The van der Waals surface area contributed by atoms with Gasteiger partial charge in [0.15, 0.2) is 0 Å². The first kappa shape index (κ1) is 13.0. The number of morpholine rings is 1. The fourth-order valence-electron chi connectivity index (χ4n) is 2.13. The highest BCUT2D eigenvalue weighted by Gasteiger charge is 2.15. The molecule has 0 aromatic carbocycles. The van der Waals surface area contributed by atoms with E-state index in [4.69, 9.17) is 4.74 Å². The molecule has 1 aromatic heterocycles. The average molecular weight is 254 g/mol. The van der Waals surface area contributed by atoms with Crippen molar-refractivity contribution in [2.75, 3.05) is 19.8 Å². The Morgan fingerprint density at radius 3 is 3.12 bits per heavy atom. The Morgan fingerprint density at radius 2 is 2.47 bits per heavy atom. The first-order chi connectivity index (χ1) is 8.25. The van der Waals surface area contributed by atoms with Crippen molar-refractivity contribution in [1.29, 1.82) is 0 Å². The van der Waals surface area contributed by atoms with Crippen LogP contribution >= 0.6 is 11.3 Å². The minimum Gasteiger partial charge on any atom is -0.379 e. The summed E-state index contributed by atoms with van der Waals surface area (Å²) in [5.41, 5.74) is 2.82. The predicted octanol–water partition coefficient (Wildman–Crippen LogP) is 1.91. The summed E-state index contributed by atoms with van der Waals surface area (Å²) in [7, 11) is 0. The van der Waals surface area contributed by atoms with Crippen LogP contribution in [0.4, 0.5) is 0 Å². The lowest BCUT2D eigenvalue weighted by molar-refractivity contribution is 0.0712. The smallest absolute Gasteiger partial charge is 0.0620 e. The number of aryl methyl sites for hydroxylation is 1. The van der Waals surface area contributed by atoms with Gasteiger partial charge in [0.1, 0.15) is 0 Å². The van der Waals surface area contributed by atoms with Gasteiger partial charge >= 0.3 is 0 Å². The Labute approximate surface area is 108 Å². The third kappa shape index (κ3) is 4.07. The first-order valence-corrected chi connectivity index (χ1v) is 7.26. The van der Waals surface area contributed by atoms with E-state index >= 15 is 0 Å². The fourth-order valence-corrected chi connectivity index (χ4v) is 2.99. The molecule has 0 bridgehead atoms. The molecule has 1 aliphatic heterocycles. The van der Waals surface area contributed by atoms with Gasteiger partial charge in [-0.25, -0.2) is 0 Å². The lowest BCUT2D eigenvalue weighted by atomic mass is 10.1. The fraction of sp³-hybridized carbons (Fsp3) is 0.692. The molecule has 2 atom stereocenters. The topological polar surface area (TPSA) is 33.3 Å². The third-order valence-electron chi connectivity index (χ3n) is 3.24. The molecule has 0 saturated carbocycles. The van der Waals surface area contributed by atoms with Crippen LogP contribution in [0.2, 0.25) is 0 Å². The van der Waals surface area contributed by atoms with Crippen molar-refractivity contribution in [3.8, 4) is 0 Å². The Bertz CT molecular complexity index is 334. The zero-order valence-electron chi connectivity index (χ0n) is 10.7. The van der Waals surface area contributed by atoms with E-state index in [0.717, 1.165) is 32.7 Å². The molecule has 0 aliphatic carbocycles. The number of rotatable bonds is 5. The zero-order chi connectivity index (χ0) is 12.1. The monoisotopic (exact) mass is 254 g/mol. The second-order valence-corrected chi connectivity index (χ2v) is 5.57. The van der Waals surface area contributed by atoms with Gasteiger partial charge in [-0.3, -0.25) is 0 Å². The molecule has 0 spiro atoms. The third-order valence-corrected chi connectivity index (χ3v) is 4.15. The molecule has 2 heterocycles.